The minimum Gasteiger partial charge on any atom is -0.504 e. The van der Waals surface area contributed by atoms with Gasteiger partial charge in [0.05, 0.1) is 24.3 Å². The molecule has 0 fully saturated rings. The standard InChI is InChI=1S/C16H14N2O3/c1-18(12-6-3-5-11(9-12)10-17)16(20)13-7-4-8-14(21-2)15(13)19/h3-9,19H,1-2H3. The molecule has 106 valence electrons. The zero-order chi connectivity index (χ0) is 15.4. The molecular formula is C16H14N2O3. The van der Waals surface area contributed by atoms with Gasteiger partial charge >= 0.3 is 0 Å². The van der Waals surface area contributed by atoms with E-state index >= 15 is 0 Å². The van der Waals surface area contributed by atoms with Crippen LogP contribution in [0.3, 0.4) is 0 Å². The van der Waals surface area contributed by atoms with Crippen LogP contribution in [0.15, 0.2) is 42.5 Å². The predicted octanol–water partition coefficient (Wildman–Crippen LogP) is 2.55. The minimum absolute atomic E-state index is 0.138. The van der Waals surface area contributed by atoms with Crippen LogP contribution in [-0.2, 0) is 0 Å². The van der Waals surface area contributed by atoms with Crippen molar-refractivity contribution in [1.82, 2.24) is 0 Å². The fraction of sp³-hybridized carbons (Fsp3) is 0.125. The molecule has 2 aromatic rings. The van der Waals surface area contributed by atoms with E-state index in [1.807, 2.05) is 6.07 Å². The maximum absolute atomic E-state index is 12.5. The van der Waals surface area contributed by atoms with E-state index in [1.54, 1.807) is 43.4 Å². The van der Waals surface area contributed by atoms with E-state index in [0.29, 0.717) is 11.3 Å². The third kappa shape index (κ3) is 2.79. The normalized spacial score (nSPS) is 9.76. The lowest BCUT2D eigenvalue weighted by Crippen LogP contribution is -2.26. The molecule has 0 atom stereocenters. The summed E-state index contributed by atoms with van der Waals surface area (Å²) in [6.07, 6.45) is 0. The second kappa shape index (κ2) is 5.97. The van der Waals surface area contributed by atoms with Crippen LogP contribution in [0.5, 0.6) is 11.5 Å². The molecule has 1 amide bonds. The number of phenols is 1. The van der Waals surface area contributed by atoms with Crippen LogP contribution in [0.2, 0.25) is 0 Å². The molecule has 2 aromatic carbocycles. The van der Waals surface area contributed by atoms with Crippen LogP contribution >= 0.6 is 0 Å². The number of hydrogen-bond donors (Lipinski definition) is 1. The molecule has 0 aliphatic rings. The minimum atomic E-state index is -0.388. The Hall–Kier alpha value is -3.00. The zero-order valence-electron chi connectivity index (χ0n) is 11.7. The lowest BCUT2D eigenvalue weighted by Gasteiger charge is -2.18. The summed E-state index contributed by atoms with van der Waals surface area (Å²) in [5, 5.41) is 18.9. The first kappa shape index (κ1) is 14.4. The second-order valence-electron chi connectivity index (χ2n) is 4.38. The van der Waals surface area contributed by atoms with Crippen molar-refractivity contribution in [3.63, 3.8) is 0 Å². The monoisotopic (exact) mass is 282 g/mol. The maximum atomic E-state index is 12.5. The van der Waals surface area contributed by atoms with Gasteiger partial charge < -0.3 is 14.7 Å². The molecule has 0 heterocycles. The summed E-state index contributed by atoms with van der Waals surface area (Å²) in [6, 6.07) is 13.4. The molecule has 5 nitrogen and oxygen atoms in total. The summed E-state index contributed by atoms with van der Waals surface area (Å²) in [5.41, 5.74) is 1.17. The number of anilines is 1. The van der Waals surface area contributed by atoms with Crippen molar-refractivity contribution in [3.8, 4) is 17.6 Å². The number of nitrogens with zero attached hydrogens (tertiary/aromatic N) is 2. The van der Waals surface area contributed by atoms with E-state index in [1.165, 1.54) is 18.1 Å². The van der Waals surface area contributed by atoms with E-state index in [2.05, 4.69) is 0 Å². The highest BCUT2D eigenvalue weighted by atomic mass is 16.5. The van der Waals surface area contributed by atoms with Gasteiger partial charge in [0.2, 0.25) is 0 Å². The Labute approximate surface area is 122 Å². The third-order valence-electron chi connectivity index (χ3n) is 3.12. The van der Waals surface area contributed by atoms with Gasteiger partial charge in [0.1, 0.15) is 0 Å². The maximum Gasteiger partial charge on any atom is 0.261 e. The number of rotatable bonds is 3. The van der Waals surface area contributed by atoms with Crippen LogP contribution in [-0.4, -0.2) is 25.2 Å². The molecule has 0 saturated heterocycles. The summed E-state index contributed by atoms with van der Waals surface area (Å²) in [6.45, 7) is 0. The van der Waals surface area contributed by atoms with Gasteiger partial charge in [0.15, 0.2) is 11.5 Å². The van der Waals surface area contributed by atoms with Crippen molar-refractivity contribution in [2.75, 3.05) is 19.1 Å². The van der Waals surface area contributed by atoms with E-state index < -0.39 is 0 Å². The number of para-hydroxylation sites is 1. The highest BCUT2D eigenvalue weighted by Crippen LogP contribution is 2.31. The summed E-state index contributed by atoms with van der Waals surface area (Å²) in [4.78, 5) is 13.8. The number of benzene rings is 2. The molecule has 0 aliphatic heterocycles. The van der Waals surface area contributed by atoms with Crippen molar-refractivity contribution in [3.05, 3.63) is 53.6 Å². The van der Waals surface area contributed by atoms with Gasteiger partial charge in [-0.2, -0.15) is 5.26 Å². The lowest BCUT2D eigenvalue weighted by molar-refractivity contribution is 0.0990. The summed E-state index contributed by atoms with van der Waals surface area (Å²) >= 11 is 0. The number of amides is 1. The molecule has 5 heteroatoms. The van der Waals surface area contributed by atoms with Crippen LogP contribution in [0.25, 0.3) is 0 Å². The van der Waals surface area contributed by atoms with Gasteiger partial charge in [0, 0.05) is 12.7 Å². The van der Waals surface area contributed by atoms with E-state index in [4.69, 9.17) is 10.00 Å². The highest BCUT2D eigenvalue weighted by molar-refractivity contribution is 6.08. The number of hydrogen-bond acceptors (Lipinski definition) is 4. The lowest BCUT2D eigenvalue weighted by atomic mass is 10.1. The molecule has 0 aromatic heterocycles. The third-order valence-corrected chi connectivity index (χ3v) is 3.12. The Morgan fingerprint density at radius 1 is 1.29 bits per heavy atom. The van der Waals surface area contributed by atoms with Crippen molar-refractivity contribution in [2.24, 2.45) is 0 Å². The molecule has 0 bridgehead atoms. The van der Waals surface area contributed by atoms with Crippen LogP contribution < -0.4 is 9.64 Å². The molecule has 0 aliphatic carbocycles. The molecule has 0 saturated carbocycles. The summed E-state index contributed by atoms with van der Waals surface area (Å²) in [5.74, 6) is -0.352. The van der Waals surface area contributed by atoms with Gasteiger partial charge in [-0.15, -0.1) is 0 Å². The van der Waals surface area contributed by atoms with Crippen LogP contribution in [0, 0.1) is 11.3 Å². The van der Waals surface area contributed by atoms with Crippen molar-refractivity contribution in [2.45, 2.75) is 0 Å². The number of aromatic hydroxyl groups is 1. The van der Waals surface area contributed by atoms with Gasteiger partial charge in [-0.3, -0.25) is 4.79 Å². The fourth-order valence-electron chi connectivity index (χ4n) is 1.94. The first-order valence-electron chi connectivity index (χ1n) is 6.22. The smallest absolute Gasteiger partial charge is 0.261 e. The summed E-state index contributed by atoms with van der Waals surface area (Å²) < 4.78 is 4.99. The van der Waals surface area contributed by atoms with E-state index in [0.717, 1.165) is 0 Å². The quantitative estimate of drug-likeness (QED) is 0.938. The molecule has 2 rings (SSSR count). The molecule has 0 spiro atoms. The molecular weight excluding hydrogens is 268 g/mol. The Balaban J connectivity index is 2.38. The molecule has 21 heavy (non-hydrogen) atoms. The SMILES string of the molecule is COc1cccc(C(=O)N(C)c2cccc(C#N)c2)c1O. The number of phenolic OH excluding ortho intramolecular Hbond substituents is 1. The van der Waals surface area contributed by atoms with Gasteiger partial charge in [-0.05, 0) is 30.3 Å². The number of nitriles is 1. The van der Waals surface area contributed by atoms with Crippen molar-refractivity contribution < 1.29 is 14.6 Å². The van der Waals surface area contributed by atoms with Gasteiger partial charge in [-0.25, -0.2) is 0 Å². The summed E-state index contributed by atoms with van der Waals surface area (Å²) in [7, 11) is 3.00. The Morgan fingerprint density at radius 3 is 2.67 bits per heavy atom. The Kier molecular flexibility index (Phi) is 4.10. The van der Waals surface area contributed by atoms with Gasteiger partial charge in [0.25, 0.3) is 5.91 Å². The van der Waals surface area contributed by atoms with Crippen LogP contribution in [0.4, 0.5) is 5.69 Å². The predicted molar refractivity (Wildman–Crippen MR) is 78.5 cm³/mol. The van der Waals surface area contributed by atoms with Gasteiger partial charge in [-0.1, -0.05) is 12.1 Å². The molecule has 1 N–H and O–H groups in total. The first-order valence-corrected chi connectivity index (χ1v) is 6.22. The van der Waals surface area contributed by atoms with E-state index in [9.17, 15) is 9.90 Å². The number of carbonyl (C=O) groups is 1. The average molecular weight is 282 g/mol. The van der Waals surface area contributed by atoms with E-state index in [-0.39, 0.29) is 23.0 Å². The topological polar surface area (TPSA) is 73.6 Å². The van der Waals surface area contributed by atoms with Crippen molar-refractivity contribution >= 4 is 11.6 Å². The Bertz CT molecular complexity index is 720. The average Bonchev–Trinajstić information content (AvgIpc) is 2.53. The second-order valence-corrected chi connectivity index (χ2v) is 4.38. The number of ether oxygens (including phenoxy) is 1. The Morgan fingerprint density at radius 2 is 2.00 bits per heavy atom. The number of carbonyl (C=O) groups excluding carboxylic acids is 1. The fourth-order valence-corrected chi connectivity index (χ4v) is 1.94. The van der Waals surface area contributed by atoms with Crippen molar-refractivity contribution in [1.29, 1.82) is 5.26 Å². The van der Waals surface area contributed by atoms with Crippen LogP contribution in [0.1, 0.15) is 15.9 Å². The number of methoxy groups -OCH3 is 1. The first-order chi connectivity index (χ1) is 10.1. The largest absolute Gasteiger partial charge is 0.504 e. The molecule has 0 radical (unpaired) electrons. The highest BCUT2D eigenvalue weighted by Gasteiger charge is 2.19. The zero-order valence-corrected chi connectivity index (χ0v) is 11.7. The molecule has 0 unspecified atom stereocenters.